The highest BCUT2D eigenvalue weighted by atomic mass is 32.1. The van der Waals surface area contributed by atoms with E-state index >= 15 is 0 Å². The number of hydrogen-bond donors (Lipinski definition) is 3. The number of H-pyrrole nitrogens is 1. The quantitative estimate of drug-likeness (QED) is 0.345. The van der Waals surface area contributed by atoms with Gasteiger partial charge in [-0.1, -0.05) is 45.2 Å². The van der Waals surface area contributed by atoms with Gasteiger partial charge < -0.3 is 15.6 Å². The summed E-state index contributed by atoms with van der Waals surface area (Å²) in [6.45, 7) is 6.03. The van der Waals surface area contributed by atoms with Crippen molar-refractivity contribution in [3.63, 3.8) is 0 Å². The first-order chi connectivity index (χ1) is 13.1. The first kappa shape index (κ1) is 21.4. The average Bonchev–Trinajstić information content (AvgIpc) is 2.67. The summed E-state index contributed by atoms with van der Waals surface area (Å²) in [4.78, 5) is 19.4. The van der Waals surface area contributed by atoms with E-state index in [2.05, 4.69) is 34.4 Å². The van der Waals surface area contributed by atoms with E-state index in [1.807, 2.05) is 24.3 Å². The fourth-order valence-electron chi connectivity index (χ4n) is 3.06. The van der Waals surface area contributed by atoms with Crippen LogP contribution in [0.25, 0.3) is 10.9 Å². The Morgan fingerprint density at radius 3 is 2.85 bits per heavy atom. The van der Waals surface area contributed by atoms with E-state index in [1.165, 1.54) is 19.3 Å². The molecule has 1 heterocycles. The lowest BCUT2D eigenvalue weighted by Gasteiger charge is -2.12. The highest BCUT2D eigenvalue weighted by Crippen LogP contribution is 2.19. The minimum absolute atomic E-state index is 0.174. The third-order valence-corrected chi connectivity index (χ3v) is 4.90. The van der Waals surface area contributed by atoms with Crippen molar-refractivity contribution in [3.05, 3.63) is 29.0 Å². The maximum absolute atomic E-state index is 11.9. The van der Waals surface area contributed by atoms with E-state index in [0.717, 1.165) is 49.1 Å². The van der Waals surface area contributed by atoms with Crippen molar-refractivity contribution < 1.29 is 4.79 Å². The summed E-state index contributed by atoms with van der Waals surface area (Å²) in [5.41, 5.74) is 0.991. The molecule has 0 saturated carbocycles. The van der Waals surface area contributed by atoms with E-state index in [4.69, 9.17) is 12.2 Å². The highest BCUT2D eigenvalue weighted by molar-refractivity contribution is 7.71. The van der Waals surface area contributed by atoms with Crippen LogP contribution in [0, 0.1) is 10.7 Å². The zero-order chi connectivity index (χ0) is 19.5. The maximum Gasteiger partial charge on any atom is 0.220 e. The third kappa shape index (κ3) is 7.67. The highest BCUT2D eigenvalue weighted by Gasteiger charge is 2.06. The molecule has 0 unspecified atom stereocenters. The number of para-hydroxylation sites is 1. The number of nitrogens with one attached hydrogen (secondary N) is 3. The topological polar surface area (TPSA) is 69.8 Å². The number of hydrogen-bond acceptors (Lipinski definition) is 4. The van der Waals surface area contributed by atoms with E-state index in [0.29, 0.717) is 17.1 Å². The van der Waals surface area contributed by atoms with E-state index in [-0.39, 0.29) is 5.91 Å². The lowest BCUT2D eigenvalue weighted by atomic mass is 10.0. The fraction of sp³-hybridized carbons (Fsp3) is 0.571. The predicted octanol–water partition coefficient (Wildman–Crippen LogP) is 5.21. The smallest absolute Gasteiger partial charge is 0.220 e. The summed E-state index contributed by atoms with van der Waals surface area (Å²) in [5.74, 6) is 1.57. The molecule has 3 N–H and O–H groups in total. The Hall–Kier alpha value is -1.95. The molecular weight excluding hydrogens is 356 g/mol. The normalized spacial score (nSPS) is 12.1. The summed E-state index contributed by atoms with van der Waals surface area (Å²) in [6, 6.07) is 8.00. The van der Waals surface area contributed by atoms with E-state index < -0.39 is 0 Å². The molecule has 6 heteroatoms. The molecule has 2 rings (SSSR count). The Morgan fingerprint density at radius 2 is 2.04 bits per heavy atom. The van der Waals surface area contributed by atoms with Crippen LogP contribution in [-0.2, 0) is 4.79 Å². The molecule has 1 atom stereocenters. The van der Waals surface area contributed by atoms with Crippen LogP contribution >= 0.6 is 12.2 Å². The molecular formula is C21H32N4OS. The van der Waals surface area contributed by atoms with Crippen LogP contribution in [0.2, 0.25) is 0 Å². The second-order valence-electron chi connectivity index (χ2n) is 7.23. The van der Waals surface area contributed by atoms with Crippen molar-refractivity contribution in [2.45, 2.75) is 58.8 Å². The zero-order valence-electron chi connectivity index (χ0n) is 16.5. The first-order valence-electron chi connectivity index (χ1n) is 10.1. The van der Waals surface area contributed by atoms with Crippen LogP contribution in [0.1, 0.15) is 58.8 Å². The summed E-state index contributed by atoms with van der Waals surface area (Å²) >= 11 is 5.19. The van der Waals surface area contributed by atoms with Crippen LogP contribution in [-0.4, -0.2) is 29.0 Å². The number of amides is 1. The third-order valence-electron chi connectivity index (χ3n) is 4.71. The SMILES string of the molecule is CCCC[C@@H](C)CNC(=O)CCCCCNc1nc(=S)[nH]c2ccccc12. The molecule has 0 aliphatic heterocycles. The van der Waals surface area contributed by atoms with Crippen LogP contribution in [0.4, 0.5) is 5.82 Å². The summed E-state index contributed by atoms with van der Waals surface area (Å²) in [5, 5.41) is 7.48. The molecule has 148 valence electrons. The molecule has 0 spiro atoms. The van der Waals surface area contributed by atoms with Crippen molar-refractivity contribution in [3.8, 4) is 0 Å². The number of carbonyl (C=O) groups excluding carboxylic acids is 1. The van der Waals surface area contributed by atoms with Gasteiger partial charge in [0.25, 0.3) is 0 Å². The molecule has 0 bridgehead atoms. The fourth-order valence-corrected chi connectivity index (χ4v) is 3.26. The molecule has 1 amide bonds. The predicted molar refractivity (Wildman–Crippen MR) is 116 cm³/mol. The standard InChI is InChI=1S/C21H32N4OS/c1-3-4-10-16(2)15-23-19(26)13-6-5-9-14-22-20-17-11-7-8-12-18(17)24-21(27)25-20/h7-8,11-12,16H,3-6,9-10,13-15H2,1-2H3,(H,23,26)(H2,22,24,25,27)/t16-/m1/s1. The lowest BCUT2D eigenvalue weighted by molar-refractivity contribution is -0.121. The Morgan fingerprint density at radius 1 is 1.22 bits per heavy atom. The number of rotatable bonds is 12. The molecule has 0 aliphatic carbocycles. The van der Waals surface area contributed by atoms with Gasteiger partial charge in [-0.2, -0.15) is 0 Å². The number of fused-ring (bicyclic) bond motifs is 1. The van der Waals surface area contributed by atoms with Gasteiger partial charge in [-0.05, 0) is 49.5 Å². The molecule has 0 saturated heterocycles. The molecule has 0 fully saturated rings. The number of anilines is 1. The number of aromatic amines is 1. The van der Waals surface area contributed by atoms with Crippen LogP contribution < -0.4 is 10.6 Å². The molecule has 27 heavy (non-hydrogen) atoms. The zero-order valence-corrected chi connectivity index (χ0v) is 17.3. The van der Waals surface area contributed by atoms with Crippen LogP contribution in [0.5, 0.6) is 0 Å². The van der Waals surface area contributed by atoms with Gasteiger partial charge in [0.05, 0.1) is 5.52 Å². The number of carbonyl (C=O) groups is 1. The van der Waals surface area contributed by atoms with Crippen molar-refractivity contribution in [2.75, 3.05) is 18.4 Å². The minimum Gasteiger partial charge on any atom is -0.369 e. The lowest BCUT2D eigenvalue weighted by Crippen LogP contribution is -2.28. The van der Waals surface area contributed by atoms with Crippen LogP contribution in [0.3, 0.4) is 0 Å². The number of benzene rings is 1. The number of aromatic nitrogens is 2. The summed E-state index contributed by atoms with van der Waals surface area (Å²) < 4.78 is 0.487. The Kier molecular flexibility index (Phi) is 9.25. The Bertz CT molecular complexity index is 774. The molecule has 1 aromatic carbocycles. The maximum atomic E-state index is 11.9. The second-order valence-corrected chi connectivity index (χ2v) is 7.61. The molecule has 5 nitrogen and oxygen atoms in total. The van der Waals surface area contributed by atoms with E-state index in [9.17, 15) is 4.79 Å². The minimum atomic E-state index is 0.174. The largest absolute Gasteiger partial charge is 0.369 e. The van der Waals surface area contributed by atoms with Gasteiger partial charge in [-0.25, -0.2) is 4.98 Å². The molecule has 1 aromatic heterocycles. The summed E-state index contributed by atoms with van der Waals surface area (Å²) in [6.07, 6.45) is 7.19. The monoisotopic (exact) mass is 388 g/mol. The van der Waals surface area contributed by atoms with Gasteiger partial charge in [0.2, 0.25) is 5.91 Å². The molecule has 0 aliphatic rings. The van der Waals surface area contributed by atoms with Gasteiger partial charge in [-0.15, -0.1) is 0 Å². The van der Waals surface area contributed by atoms with Crippen molar-refractivity contribution in [2.24, 2.45) is 5.92 Å². The molecule has 0 radical (unpaired) electrons. The van der Waals surface area contributed by atoms with Gasteiger partial charge in [0.1, 0.15) is 5.82 Å². The van der Waals surface area contributed by atoms with Gasteiger partial charge >= 0.3 is 0 Å². The second kappa shape index (κ2) is 11.7. The van der Waals surface area contributed by atoms with Crippen molar-refractivity contribution in [1.82, 2.24) is 15.3 Å². The number of nitrogens with zero attached hydrogens (tertiary/aromatic N) is 1. The van der Waals surface area contributed by atoms with Crippen molar-refractivity contribution >= 4 is 34.8 Å². The summed E-state index contributed by atoms with van der Waals surface area (Å²) in [7, 11) is 0. The van der Waals surface area contributed by atoms with Gasteiger partial charge in [0, 0.05) is 24.9 Å². The Labute approximate surface area is 167 Å². The first-order valence-corrected chi connectivity index (χ1v) is 10.5. The van der Waals surface area contributed by atoms with Crippen LogP contribution in [0.15, 0.2) is 24.3 Å². The molecule has 2 aromatic rings. The van der Waals surface area contributed by atoms with Crippen molar-refractivity contribution in [1.29, 1.82) is 0 Å². The number of unbranched alkanes of at least 4 members (excludes halogenated alkanes) is 3. The van der Waals surface area contributed by atoms with Gasteiger partial charge in [-0.3, -0.25) is 4.79 Å². The Balaban J connectivity index is 1.63. The van der Waals surface area contributed by atoms with Gasteiger partial charge in [0.15, 0.2) is 4.77 Å². The van der Waals surface area contributed by atoms with E-state index in [1.54, 1.807) is 0 Å². The average molecular weight is 389 g/mol.